The molecule has 1 aliphatic heterocycles. The number of hydrogen-bond donors (Lipinski definition) is 2. The first-order chi connectivity index (χ1) is 9.63. The smallest absolute Gasteiger partial charge is 0.248 e. The Bertz CT molecular complexity index is 437. The number of nitrogens with zero attached hydrogens (tertiary/aromatic N) is 1. The van der Waals surface area contributed by atoms with Gasteiger partial charge in [-0.1, -0.05) is 30.3 Å². The number of piperidine rings is 1. The number of β-amino-alcohol motifs (C(OH)–C–C–N with tert-alkyl or cyclic N) is 1. The molecule has 1 amide bonds. The topological polar surface area (TPSA) is 70.0 Å². The van der Waals surface area contributed by atoms with Crippen LogP contribution in [0.4, 0.5) is 0 Å². The number of hydrogen-bond acceptors (Lipinski definition) is 4. The highest BCUT2D eigenvalue weighted by Gasteiger charge is 2.34. The molecule has 5 heteroatoms. The van der Waals surface area contributed by atoms with Crippen LogP contribution >= 0.6 is 0 Å². The summed E-state index contributed by atoms with van der Waals surface area (Å²) in [6.07, 6.45) is 1.22. The van der Waals surface area contributed by atoms with E-state index in [2.05, 4.69) is 0 Å². The summed E-state index contributed by atoms with van der Waals surface area (Å²) in [5, 5.41) is 19.2. The van der Waals surface area contributed by atoms with Crippen molar-refractivity contribution >= 4 is 5.91 Å². The Labute approximate surface area is 118 Å². The Balaban J connectivity index is 1.77. The third-order valence-electron chi connectivity index (χ3n) is 3.54. The van der Waals surface area contributed by atoms with Gasteiger partial charge >= 0.3 is 0 Å². The highest BCUT2D eigenvalue weighted by atomic mass is 16.5. The fourth-order valence-electron chi connectivity index (χ4n) is 2.38. The molecule has 1 aliphatic rings. The lowest BCUT2D eigenvalue weighted by atomic mass is 9.94. The first-order valence-electron chi connectivity index (χ1n) is 6.86. The standard InChI is InChI=1S/C15H21NO4/c17-12-15(19)7-4-8-16(11-15)14(18)10-20-9-13-5-2-1-3-6-13/h1-3,5-6,17,19H,4,7-12H2/t15-/m1/s1. The number of rotatable bonds is 5. The van der Waals surface area contributed by atoms with Crippen LogP contribution in [0.1, 0.15) is 18.4 Å². The highest BCUT2D eigenvalue weighted by molar-refractivity contribution is 5.77. The number of carbonyl (C=O) groups is 1. The SMILES string of the molecule is O=C(COCc1ccccc1)N1CCC[C@](O)(CO)C1. The molecule has 2 N–H and O–H groups in total. The van der Waals surface area contributed by atoms with Gasteiger partial charge in [0.1, 0.15) is 12.2 Å². The molecule has 2 rings (SSSR count). The van der Waals surface area contributed by atoms with Gasteiger partial charge in [-0.25, -0.2) is 0 Å². The maximum absolute atomic E-state index is 12.0. The minimum absolute atomic E-state index is 0.00357. The summed E-state index contributed by atoms with van der Waals surface area (Å²) in [4.78, 5) is 13.6. The van der Waals surface area contributed by atoms with E-state index in [1.54, 1.807) is 4.90 Å². The number of benzene rings is 1. The minimum atomic E-state index is -1.16. The lowest BCUT2D eigenvalue weighted by molar-refractivity contribution is -0.145. The first-order valence-corrected chi connectivity index (χ1v) is 6.86. The van der Waals surface area contributed by atoms with Gasteiger partial charge in [0.25, 0.3) is 0 Å². The minimum Gasteiger partial charge on any atom is -0.393 e. The lowest BCUT2D eigenvalue weighted by Gasteiger charge is -2.38. The Morgan fingerprint density at radius 3 is 2.80 bits per heavy atom. The number of carbonyl (C=O) groups excluding carboxylic acids is 1. The van der Waals surface area contributed by atoms with Gasteiger partial charge in [0.15, 0.2) is 0 Å². The van der Waals surface area contributed by atoms with E-state index in [0.29, 0.717) is 26.0 Å². The monoisotopic (exact) mass is 279 g/mol. The molecule has 0 bridgehead atoms. The summed E-state index contributed by atoms with van der Waals surface area (Å²) in [6.45, 7) is 0.857. The summed E-state index contributed by atoms with van der Waals surface area (Å²) in [7, 11) is 0. The molecule has 1 heterocycles. The van der Waals surface area contributed by atoms with Crippen molar-refractivity contribution in [1.82, 2.24) is 4.90 Å². The average Bonchev–Trinajstić information content (AvgIpc) is 2.48. The predicted octanol–water partition coefficient (Wildman–Crippen LogP) is 0.549. The van der Waals surface area contributed by atoms with Crippen molar-refractivity contribution in [1.29, 1.82) is 0 Å². The van der Waals surface area contributed by atoms with Crippen LogP contribution in [-0.2, 0) is 16.1 Å². The van der Waals surface area contributed by atoms with E-state index in [1.165, 1.54) is 0 Å². The third-order valence-corrected chi connectivity index (χ3v) is 3.54. The molecular weight excluding hydrogens is 258 g/mol. The maximum Gasteiger partial charge on any atom is 0.248 e. The van der Waals surface area contributed by atoms with Gasteiger partial charge in [0.2, 0.25) is 5.91 Å². The zero-order valence-electron chi connectivity index (χ0n) is 11.5. The summed E-state index contributed by atoms with van der Waals surface area (Å²) >= 11 is 0. The molecule has 5 nitrogen and oxygen atoms in total. The molecule has 20 heavy (non-hydrogen) atoms. The van der Waals surface area contributed by atoms with E-state index in [4.69, 9.17) is 9.84 Å². The van der Waals surface area contributed by atoms with Crippen LogP contribution in [0.5, 0.6) is 0 Å². The van der Waals surface area contributed by atoms with Crippen LogP contribution in [0.15, 0.2) is 30.3 Å². The highest BCUT2D eigenvalue weighted by Crippen LogP contribution is 2.20. The van der Waals surface area contributed by atoms with Crippen LogP contribution in [0.2, 0.25) is 0 Å². The largest absolute Gasteiger partial charge is 0.393 e. The molecule has 0 radical (unpaired) electrons. The Morgan fingerprint density at radius 1 is 1.35 bits per heavy atom. The molecule has 0 aliphatic carbocycles. The number of aliphatic hydroxyl groups is 2. The van der Waals surface area contributed by atoms with Crippen molar-refractivity contribution in [2.24, 2.45) is 0 Å². The molecule has 110 valence electrons. The zero-order chi connectivity index (χ0) is 14.4. The molecule has 0 spiro atoms. The van der Waals surface area contributed by atoms with E-state index < -0.39 is 5.60 Å². The summed E-state index contributed by atoms with van der Waals surface area (Å²) in [5.74, 6) is -0.146. The fraction of sp³-hybridized carbons (Fsp3) is 0.533. The Kier molecular flexibility index (Phi) is 5.11. The Hall–Kier alpha value is -1.43. The van der Waals surface area contributed by atoms with Crippen LogP contribution in [-0.4, -0.2) is 52.9 Å². The summed E-state index contributed by atoms with van der Waals surface area (Å²) in [5.41, 5.74) is -0.140. The number of aliphatic hydroxyl groups excluding tert-OH is 1. The molecule has 0 aromatic heterocycles. The molecule has 1 fully saturated rings. The van der Waals surface area contributed by atoms with Gasteiger partial charge in [-0.2, -0.15) is 0 Å². The van der Waals surface area contributed by atoms with Gasteiger partial charge < -0.3 is 19.8 Å². The second kappa shape index (κ2) is 6.83. The van der Waals surface area contributed by atoms with Gasteiger partial charge in [0, 0.05) is 6.54 Å². The van der Waals surface area contributed by atoms with Crippen molar-refractivity contribution in [3.05, 3.63) is 35.9 Å². The van der Waals surface area contributed by atoms with Crippen LogP contribution in [0, 0.1) is 0 Å². The number of likely N-dealkylation sites (tertiary alicyclic amines) is 1. The van der Waals surface area contributed by atoms with Gasteiger partial charge in [-0.3, -0.25) is 4.79 Å². The first kappa shape index (κ1) is 15.0. The molecule has 1 aromatic carbocycles. The lowest BCUT2D eigenvalue weighted by Crippen LogP contribution is -2.53. The molecule has 1 saturated heterocycles. The Morgan fingerprint density at radius 2 is 2.10 bits per heavy atom. The molecule has 0 saturated carbocycles. The summed E-state index contributed by atoms with van der Waals surface area (Å²) < 4.78 is 5.40. The molecule has 1 atom stereocenters. The van der Waals surface area contributed by atoms with Crippen LogP contribution < -0.4 is 0 Å². The van der Waals surface area contributed by atoms with Gasteiger partial charge in [-0.15, -0.1) is 0 Å². The third kappa shape index (κ3) is 4.03. The predicted molar refractivity (Wildman–Crippen MR) is 73.9 cm³/mol. The number of ether oxygens (including phenoxy) is 1. The second-order valence-electron chi connectivity index (χ2n) is 5.28. The van der Waals surface area contributed by atoms with Gasteiger partial charge in [0.05, 0.1) is 19.8 Å². The van der Waals surface area contributed by atoms with Crippen molar-refractivity contribution in [2.45, 2.75) is 25.0 Å². The normalized spacial score (nSPS) is 22.8. The van der Waals surface area contributed by atoms with Crippen molar-refractivity contribution in [2.75, 3.05) is 26.3 Å². The van der Waals surface area contributed by atoms with Crippen molar-refractivity contribution in [3.63, 3.8) is 0 Å². The van der Waals surface area contributed by atoms with Crippen molar-refractivity contribution < 1.29 is 19.7 Å². The van der Waals surface area contributed by atoms with E-state index in [-0.39, 0.29) is 25.7 Å². The van der Waals surface area contributed by atoms with Crippen LogP contribution in [0.25, 0.3) is 0 Å². The summed E-state index contributed by atoms with van der Waals surface area (Å²) in [6, 6.07) is 9.66. The second-order valence-corrected chi connectivity index (χ2v) is 5.28. The van der Waals surface area contributed by atoms with E-state index in [1.807, 2.05) is 30.3 Å². The molecular formula is C15H21NO4. The fourth-order valence-corrected chi connectivity index (χ4v) is 2.38. The van der Waals surface area contributed by atoms with Crippen LogP contribution in [0.3, 0.4) is 0 Å². The van der Waals surface area contributed by atoms with E-state index >= 15 is 0 Å². The average molecular weight is 279 g/mol. The molecule has 0 unspecified atom stereocenters. The molecule has 1 aromatic rings. The maximum atomic E-state index is 12.0. The van der Waals surface area contributed by atoms with Gasteiger partial charge in [-0.05, 0) is 18.4 Å². The van der Waals surface area contributed by atoms with E-state index in [9.17, 15) is 9.90 Å². The van der Waals surface area contributed by atoms with Crippen molar-refractivity contribution in [3.8, 4) is 0 Å². The number of amides is 1. The quantitative estimate of drug-likeness (QED) is 0.826. The van der Waals surface area contributed by atoms with E-state index in [0.717, 1.165) is 5.56 Å². The zero-order valence-corrected chi connectivity index (χ0v) is 11.5.